The van der Waals surface area contributed by atoms with Gasteiger partial charge in [0.2, 0.25) is 5.91 Å². The second-order valence-corrected chi connectivity index (χ2v) is 7.42. The highest BCUT2D eigenvalue weighted by atomic mass is 16.5. The Morgan fingerprint density at radius 3 is 2.47 bits per heavy atom. The van der Waals surface area contributed by atoms with E-state index in [9.17, 15) is 19.2 Å². The molecule has 1 aliphatic heterocycles. The monoisotopic (exact) mass is 408 g/mol. The maximum atomic E-state index is 12.5. The predicted octanol–water partition coefficient (Wildman–Crippen LogP) is 2.91. The summed E-state index contributed by atoms with van der Waals surface area (Å²) in [6, 6.07) is 14.3. The van der Waals surface area contributed by atoms with Gasteiger partial charge in [-0.25, -0.2) is 0 Å². The van der Waals surface area contributed by atoms with Gasteiger partial charge in [-0.05, 0) is 35.2 Å². The van der Waals surface area contributed by atoms with E-state index in [-0.39, 0.29) is 25.3 Å². The van der Waals surface area contributed by atoms with E-state index in [4.69, 9.17) is 4.74 Å². The molecule has 0 unspecified atom stereocenters. The number of ether oxygens (including phenoxy) is 1. The van der Waals surface area contributed by atoms with Gasteiger partial charge in [-0.3, -0.25) is 24.1 Å². The zero-order valence-corrected chi connectivity index (χ0v) is 17.0. The summed E-state index contributed by atoms with van der Waals surface area (Å²) in [6.45, 7) is 3.65. The zero-order valence-electron chi connectivity index (χ0n) is 17.0. The Labute approximate surface area is 175 Å². The van der Waals surface area contributed by atoms with Gasteiger partial charge in [-0.15, -0.1) is 0 Å². The van der Waals surface area contributed by atoms with Crippen LogP contribution in [0.15, 0.2) is 48.5 Å². The number of anilines is 1. The molecule has 0 aliphatic carbocycles. The summed E-state index contributed by atoms with van der Waals surface area (Å²) in [5.41, 5.74) is 2.92. The molecule has 0 aromatic heterocycles. The minimum absolute atomic E-state index is 0.0802. The number of hydrogen-bond donors (Lipinski definition) is 1. The highest BCUT2D eigenvalue weighted by molar-refractivity contribution is 6.09. The lowest BCUT2D eigenvalue weighted by Crippen LogP contribution is -2.43. The summed E-state index contributed by atoms with van der Waals surface area (Å²) in [5.74, 6) is -1.49. The van der Waals surface area contributed by atoms with E-state index >= 15 is 0 Å². The third kappa shape index (κ3) is 5.11. The third-order valence-corrected chi connectivity index (χ3v) is 4.90. The molecule has 0 spiro atoms. The van der Waals surface area contributed by atoms with E-state index in [1.807, 2.05) is 12.1 Å². The van der Waals surface area contributed by atoms with Gasteiger partial charge in [-0.2, -0.15) is 0 Å². The number of fused-ring (bicyclic) bond motifs is 1. The number of rotatable bonds is 7. The third-order valence-electron chi connectivity index (χ3n) is 4.90. The van der Waals surface area contributed by atoms with Gasteiger partial charge in [0.25, 0.3) is 11.8 Å². The Bertz CT molecular complexity index is 966. The van der Waals surface area contributed by atoms with Crippen molar-refractivity contribution in [2.75, 3.05) is 18.5 Å². The van der Waals surface area contributed by atoms with Crippen LogP contribution in [0.25, 0.3) is 0 Å². The van der Waals surface area contributed by atoms with Crippen molar-refractivity contribution in [1.29, 1.82) is 0 Å². The van der Waals surface area contributed by atoms with E-state index in [2.05, 4.69) is 19.2 Å². The van der Waals surface area contributed by atoms with Crippen molar-refractivity contribution < 1.29 is 23.9 Å². The number of carbonyl (C=O) groups is 4. The first-order valence-corrected chi connectivity index (χ1v) is 9.83. The van der Waals surface area contributed by atoms with E-state index in [1.165, 1.54) is 0 Å². The Kier molecular flexibility index (Phi) is 6.61. The summed E-state index contributed by atoms with van der Waals surface area (Å²) in [7, 11) is 0. The summed E-state index contributed by atoms with van der Waals surface area (Å²) >= 11 is 0. The molecule has 1 heterocycles. The van der Waals surface area contributed by atoms with Crippen LogP contribution in [-0.4, -0.2) is 41.7 Å². The largest absolute Gasteiger partial charge is 0.456 e. The van der Waals surface area contributed by atoms with Crippen molar-refractivity contribution in [3.05, 3.63) is 65.2 Å². The van der Waals surface area contributed by atoms with Crippen LogP contribution in [0, 0.1) is 0 Å². The van der Waals surface area contributed by atoms with Gasteiger partial charge in [-0.1, -0.05) is 44.2 Å². The maximum Gasteiger partial charge on any atom is 0.308 e. The number of nitrogens with zero attached hydrogens (tertiary/aromatic N) is 1. The molecular weight excluding hydrogens is 384 g/mol. The molecule has 1 aliphatic rings. The molecule has 7 nitrogen and oxygen atoms in total. The van der Waals surface area contributed by atoms with E-state index in [1.54, 1.807) is 36.4 Å². The van der Waals surface area contributed by atoms with Crippen molar-refractivity contribution in [2.24, 2.45) is 0 Å². The van der Waals surface area contributed by atoms with E-state index in [0.717, 1.165) is 10.5 Å². The first kappa shape index (κ1) is 21.2. The molecule has 0 fully saturated rings. The Morgan fingerprint density at radius 2 is 1.77 bits per heavy atom. The molecule has 0 atom stereocenters. The van der Waals surface area contributed by atoms with Gasteiger partial charge in [0.05, 0.1) is 12.8 Å². The summed E-state index contributed by atoms with van der Waals surface area (Å²) in [6.07, 6.45) is -0.0506. The fraction of sp³-hybridized carbons (Fsp3) is 0.304. The van der Waals surface area contributed by atoms with Crippen molar-refractivity contribution in [3.8, 4) is 0 Å². The van der Waals surface area contributed by atoms with Gasteiger partial charge < -0.3 is 10.1 Å². The Morgan fingerprint density at radius 1 is 1.07 bits per heavy atom. The molecule has 30 heavy (non-hydrogen) atoms. The average Bonchev–Trinajstić information content (AvgIpc) is 2.72. The van der Waals surface area contributed by atoms with Gasteiger partial charge in [0, 0.05) is 17.8 Å². The maximum absolute atomic E-state index is 12.5. The average molecular weight is 408 g/mol. The predicted molar refractivity (Wildman–Crippen MR) is 111 cm³/mol. The number of benzene rings is 2. The molecule has 2 aromatic carbocycles. The topological polar surface area (TPSA) is 92.8 Å². The van der Waals surface area contributed by atoms with Crippen molar-refractivity contribution in [2.45, 2.75) is 32.6 Å². The van der Waals surface area contributed by atoms with E-state index < -0.39 is 24.4 Å². The van der Waals surface area contributed by atoms with Gasteiger partial charge >= 0.3 is 5.97 Å². The smallest absolute Gasteiger partial charge is 0.308 e. The van der Waals surface area contributed by atoms with Crippen LogP contribution in [0.3, 0.4) is 0 Å². The Hall–Kier alpha value is -3.48. The molecule has 2 aromatic rings. The molecule has 7 heteroatoms. The summed E-state index contributed by atoms with van der Waals surface area (Å²) in [4.78, 5) is 49.7. The minimum atomic E-state index is -0.653. The number of esters is 1. The molecule has 0 saturated carbocycles. The number of imide groups is 1. The summed E-state index contributed by atoms with van der Waals surface area (Å²) in [5, 5.41) is 2.66. The standard InChI is InChI=1S/C23H24N2O5/c1-15(2)16-7-9-18(10-8-16)24-20(26)14-30-22(28)11-12-25-21(27)13-17-5-3-4-6-19(17)23(25)29/h3-10,15H,11-14H2,1-2H3,(H,24,26). The molecule has 3 amide bonds. The molecular formula is C23H24N2O5. The SMILES string of the molecule is CC(C)c1ccc(NC(=O)COC(=O)CCN2C(=O)Cc3ccccc3C2=O)cc1. The molecule has 0 bridgehead atoms. The normalized spacial score (nSPS) is 13.2. The first-order valence-electron chi connectivity index (χ1n) is 9.83. The van der Waals surface area contributed by atoms with Crippen LogP contribution in [0.4, 0.5) is 5.69 Å². The second kappa shape index (κ2) is 9.35. The molecule has 0 saturated heterocycles. The van der Waals surface area contributed by atoms with Crippen LogP contribution in [0.1, 0.15) is 47.7 Å². The molecule has 0 radical (unpaired) electrons. The fourth-order valence-corrected chi connectivity index (χ4v) is 3.20. The quantitative estimate of drug-likeness (QED) is 0.562. The lowest BCUT2D eigenvalue weighted by atomic mass is 9.98. The van der Waals surface area contributed by atoms with Crippen molar-refractivity contribution in [1.82, 2.24) is 4.90 Å². The van der Waals surface area contributed by atoms with Crippen LogP contribution < -0.4 is 5.32 Å². The van der Waals surface area contributed by atoms with Crippen molar-refractivity contribution in [3.63, 3.8) is 0 Å². The van der Waals surface area contributed by atoms with Gasteiger partial charge in [0.15, 0.2) is 6.61 Å². The van der Waals surface area contributed by atoms with Crippen LogP contribution >= 0.6 is 0 Å². The van der Waals surface area contributed by atoms with E-state index in [0.29, 0.717) is 22.7 Å². The highest BCUT2D eigenvalue weighted by Crippen LogP contribution is 2.20. The van der Waals surface area contributed by atoms with Crippen LogP contribution in [0.5, 0.6) is 0 Å². The number of amides is 3. The second-order valence-electron chi connectivity index (χ2n) is 7.42. The lowest BCUT2D eigenvalue weighted by molar-refractivity contribution is -0.147. The summed E-state index contributed by atoms with van der Waals surface area (Å²) < 4.78 is 4.97. The lowest BCUT2D eigenvalue weighted by Gasteiger charge is -2.26. The highest BCUT2D eigenvalue weighted by Gasteiger charge is 2.30. The number of hydrogen-bond acceptors (Lipinski definition) is 5. The first-order chi connectivity index (χ1) is 14.3. The zero-order chi connectivity index (χ0) is 21.7. The minimum Gasteiger partial charge on any atom is -0.456 e. The molecule has 3 rings (SSSR count). The fourth-order valence-electron chi connectivity index (χ4n) is 3.20. The molecule has 156 valence electrons. The van der Waals surface area contributed by atoms with Crippen LogP contribution in [0.2, 0.25) is 0 Å². The van der Waals surface area contributed by atoms with Crippen molar-refractivity contribution >= 4 is 29.4 Å². The number of carbonyl (C=O) groups excluding carboxylic acids is 4. The Balaban J connectivity index is 1.45. The number of nitrogens with one attached hydrogen (secondary N) is 1. The van der Waals surface area contributed by atoms with Crippen LogP contribution in [-0.2, 0) is 25.5 Å². The molecule has 1 N–H and O–H groups in total. The van der Waals surface area contributed by atoms with Gasteiger partial charge in [0.1, 0.15) is 0 Å².